The van der Waals surface area contributed by atoms with E-state index in [1.807, 2.05) is 36.4 Å². The van der Waals surface area contributed by atoms with Crippen LogP contribution in [0.25, 0.3) is 10.9 Å². The molecule has 0 amide bonds. The number of hydrogen-bond donors (Lipinski definition) is 1. The molecule has 23 heavy (non-hydrogen) atoms. The van der Waals surface area contributed by atoms with Gasteiger partial charge in [-0.05, 0) is 42.0 Å². The lowest BCUT2D eigenvalue weighted by atomic mass is 10.2. The standard InChI is InChI=1S/C17H16N4O2/c1-21-16(22)14-5-3-4-6-15(14)19-17(21)20-18-11-12-7-9-13(23-2)10-8-12/h3-11H,1-2H3,(H,19,20). The zero-order chi connectivity index (χ0) is 16.2. The van der Waals surface area contributed by atoms with Gasteiger partial charge in [-0.3, -0.25) is 9.36 Å². The molecular weight excluding hydrogens is 292 g/mol. The Kier molecular flexibility index (Phi) is 4.05. The Bertz CT molecular complexity index is 914. The smallest absolute Gasteiger partial charge is 0.262 e. The first kappa shape index (κ1) is 14.8. The van der Waals surface area contributed by atoms with Gasteiger partial charge in [0.15, 0.2) is 0 Å². The van der Waals surface area contributed by atoms with Crippen LogP contribution in [-0.2, 0) is 7.05 Å². The van der Waals surface area contributed by atoms with Crippen LogP contribution < -0.4 is 15.7 Å². The van der Waals surface area contributed by atoms with Crippen LogP contribution in [0.15, 0.2) is 58.4 Å². The number of nitrogens with zero attached hydrogens (tertiary/aromatic N) is 3. The highest BCUT2D eigenvalue weighted by molar-refractivity contribution is 5.81. The van der Waals surface area contributed by atoms with E-state index in [0.717, 1.165) is 11.3 Å². The Labute approximate surface area is 133 Å². The summed E-state index contributed by atoms with van der Waals surface area (Å²) in [5, 5.41) is 4.72. The van der Waals surface area contributed by atoms with Gasteiger partial charge in [0.05, 0.1) is 24.2 Å². The molecule has 0 bridgehead atoms. The van der Waals surface area contributed by atoms with E-state index in [1.165, 1.54) is 4.57 Å². The molecule has 0 saturated heterocycles. The maximum Gasteiger partial charge on any atom is 0.262 e. The van der Waals surface area contributed by atoms with Crippen LogP contribution in [0.1, 0.15) is 5.56 Å². The molecule has 6 nitrogen and oxygen atoms in total. The minimum atomic E-state index is -0.113. The van der Waals surface area contributed by atoms with E-state index in [0.29, 0.717) is 16.9 Å². The van der Waals surface area contributed by atoms with Gasteiger partial charge in [-0.1, -0.05) is 12.1 Å². The molecule has 0 fully saturated rings. The Balaban J connectivity index is 1.85. The summed E-state index contributed by atoms with van der Waals surface area (Å²) in [6.07, 6.45) is 1.65. The van der Waals surface area contributed by atoms with Gasteiger partial charge < -0.3 is 4.74 Å². The van der Waals surface area contributed by atoms with Crippen molar-refractivity contribution in [1.82, 2.24) is 9.55 Å². The number of ether oxygens (including phenoxy) is 1. The summed E-state index contributed by atoms with van der Waals surface area (Å²) in [7, 11) is 3.28. The molecule has 0 aliphatic carbocycles. The van der Waals surface area contributed by atoms with Crippen LogP contribution in [0.5, 0.6) is 5.75 Å². The van der Waals surface area contributed by atoms with Gasteiger partial charge in [-0.2, -0.15) is 5.10 Å². The molecule has 2 aromatic carbocycles. The van der Waals surface area contributed by atoms with Crippen molar-refractivity contribution in [2.45, 2.75) is 0 Å². The highest BCUT2D eigenvalue weighted by atomic mass is 16.5. The number of rotatable bonds is 4. The van der Waals surface area contributed by atoms with Crippen molar-refractivity contribution >= 4 is 23.1 Å². The third kappa shape index (κ3) is 3.06. The number of hydrogen-bond acceptors (Lipinski definition) is 5. The molecule has 1 aromatic heterocycles. The lowest BCUT2D eigenvalue weighted by Crippen LogP contribution is -2.21. The number of methoxy groups -OCH3 is 1. The number of nitrogens with one attached hydrogen (secondary N) is 1. The first-order valence-electron chi connectivity index (χ1n) is 7.08. The molecule has 3 aromatic rings. The van der Waals surface area contributed by atoms with Gasteiger partial charge >= 0.3 is 0 Å². The van der Waals surface area contributed by atoms with Gasteiger partial charge in [-0.25, -0.2) is 10.4 Å². The molecule has 0 radical (unpaired) electrons. The van der Waals surface area contributed by atoms with Crippen LogP contribution in [0.2, 0.25) is 0 Å². The van der Waals surface area contributed by atoms with Crippen molar-refractivity contribution in [3.05, 3.63) is 64.4 Å². The van der Waals surface area contributed by atoms with Crippen LogP contribution in [0.4, 0.5) is 5.95 Å². The molecular formula is C17H16N4O2. The summed E-state index contributed by atoms with van der Waals surface area (Å²) >= 11 is 0. The average Bonchev–Trinajstić information content (AvgIpc) is 2.60. The molecule has 116 valence electrons. The fourth-order valence-corrected chi connectivity index (χ4v) is 2.17. The maximum absolute atomic E-state index is 12.3. The van der Waals surface area contributed by atoms with Gasteiger partial charge in [0.25, 0.3) is 5.56 Å². The molecule has 1 N–H and O–H groups in total. The Hall–Kier alpha value is -3.15. The highest BCUT2D eigenvalue weighted by Crippen LogP contribution is 2.11. The quantitative estimate of drug-likeness (QED) is 0.593. The maximum atomic E-state index is 12.3. The molecule has 0 unspecified atom stereocenters. The van der Waals surface area contributed by atoms with Crippen molar-refractivity contribution in [1.29, 1.82) is 0 Å². The fourth-order valence-electron chi connectivity index (χ4n) is 2.17. The highest BCUT2D eigenvalue weighted by Gasteiger charge is 2.06. The molecule has 0 spiro atoms. The predicted octanol–water partition coefficient (Wildman–Crippen LogP) is 2.39. The van der Waals surface area contributed by atoms with E-state index in [9.17, 15) is 4.79 Å². The Morgan fingerprint density at radius 3 is 2.65 bits per heavy atom. The van der Waals surface area contributed by atoms with Crippen LogP contribution in [0.3, 0.4) is 0 Å². The van der Waals surface area contributed by atoms with E-state index < -0.39 is 0 Å². The number of hydrazone groups is 1. The minimum Gasteiger partial charge on any atom is -0.497 e. The lowest BCUT2D eigenvalue weighted by molar-refractivity contribution is 0.415. The van der Waals surface area contributed by atoms with E-state index in [-0.39, 0.29) is 5.56 Å². The number of benzene rings is 2. The number of aromatic nitrogens is 2. The second-order valence-corrected chi connectivity index (χ2v) is 4.96. The topological polar surface area (TPSA) is 68.5 Å². The normalized spacial score (nSPS) is 11.0. The summed E-state index contributed by atoms with van der Waals surface area (Å²) in [6.45, 7) is 0. The SMILES string of the molecule is COc1ccc(C=NNc2nc3ccccc3c(=O)n2C)cc1. The van der Waals surface area contributed by atoms with Crippen molar-refractivity contribution in [2.75, 3.05) is 12.5 Å². The Morgan fingerprint density at radius 1 is 1.17 bits per heavy atom. The summed E-state index contributed by atoms with van der Waals surface area (Å²) in [4.78, 5) is 16.7. The third-order valence-electron chi connectivity index (χ3n) is 3.48. The zero-order valence-corrected chi connectivity index (χ0v) is 12.9. The monoisotopic (exact) mass is 308 g/mol. The van der Waals surface area contributed by atoms with E-state index >= 15 is 0 Å². The largest absolute Gasteiger partial charge is 0.497 e. The van der Waals surface area contributed by atoms with Crippen LogP contribution in [-0.4, -0.2) is 22.9 Å². The van der Waals surface area contributed by atoms with Crippen LogP contribution in [0, 0.1) is 0 Å². The predicted molar refractivity (Wildman–Crippen MR) is 91.2 cm³/mol. The molecule has 3 rings (SSSR count). The zero-order valence-electron chi connectivity index (χ0n) is 12.9. The van der Waals surface area contributed by atoms with Crippen LogP contribution >= 0.6 is 0 Å². The van der Waals surface area contributed by atoms with Gasteiger partial charge in [-0.15, -0.1) is 0 Å². The number of anilines is 1. The summed E-state index contributed by atoms with van der Waals surface area (Å²) in [5.74, 6) is 1.17. The Morgan fingerprint density at radius 2 is 1.91 bits per heavy atom. The summed E-state index contributed by atoms with van der Waals surface area (Å²) < 4.78 is 6.54. The average molecular weight is 308 g/mol. The number of fused-ring (bicyclic) bond motifs is 1. The third-order valence-corrected chi connectivity index (χ3v) is 3.48. The van der Waals surface area contributed by atoms with E-state index in [2.05, 4.69) is 15.5 Å². The second kappa shape index (κ2) is 6.31. The molecule has 1 heterocycles. The van der Waals surface area contributed by atoms with Gasteiger partial charge in [0.1, 0.15) is 5.75 Å². The first-order chi connectivity index (χ1) is 11.2. The summed E-state index contributed by atoms with van der Waals surface area (Å²) in [5.41, 5.74) is 4.24. The first-order valence-corrected chi connectivity index (χ1v) is 7.08. The molecule has 0 saturated carbocycles. The second-order valence-electron chi connectivity index (χ2n) is 4.96. The van der Waals surface area contributed by atoms with Crippen molar-refractivity contribution in [3.8, 4) is 5.75 Å². The van der Waals surface area contributed by atoms with Crippen molar-refractivity contribution in [2.24, 2.45) is 12.1 Å². The van der Waals surface area contributed by atoms with E-state index in [1.54, 1.807) is 32.5 Å². The lowest BCUT2D eigenvalue weighted by Gasteiger charge is -2.07. The van der Waals surface area contributed by atoms with Crippen molar-refractivity contribution in [3.63, 3.8) is 0 Å². The van der Waals surface area contributed by atoms with Crippen molar-refractivity contribution < 1.29 is 4.74 Å². The minimum absolute atomic E-state index is 0.113. The fraction of sp³-hybridized carbons (Fsp3) is 0.118. The van der Waals surface area contributed by atoms with Gasteiger partial charge in [0.2, 0.25) is 5.95 Å². The molecule has 0 aliphatic rings. The van der Waals surface area contributed by atoms with Gasteiger partial charge in [0, 0.05) is 7.05 Å². The number of para-hydroxylation sites is 1. The van der Waals surface area contributed by atoms with E-state index in [4.69, 9.17) is 4.74 Å². The molecule has 0 atom stereocenters. The molecule has 6 heteroatoms. The molecule has 0 aliphatic heterocycles. The summed E-state index contributed by atoms with van der Waals surface area (Å²) in [6, 6.07) is 14.7.